The summed E-state index contributed by atoms with van der Waals surface area (Å²) < 4.78 is 0. The third kappa shape index (κ3) is 2.18. The lowest BCUT2D eigenvalue weighted by Crippen LogP contribution is -2.09. The highest BCUT2D eigenvalue weighted by molar-refractivity contribution is 5.81. The molecule has 27 heavy (non-hydrogen) atoms. The van der Waals surface area contributed by atoms with Gasteiger partial charge in [-0.3, -0.25) is 0 Å². The number of hydrogen-bond donors (Lipinski definition) is 1. The molecule has 0 saturated heterocycles. The standard InChI is InChI=1S/C26H19N/c1-2-8-20-17(7-1)15-18-16-19(13-14-21(18)20)27-26-24-11-5-3-9-22(24)23-10-4-6-12-25(23)26/h1-14,16,26-27H,15H2. The minimum absolute atomic E-state index is 0.208. The van der Waals surface area contributed by atoms with Gasteiger partial charge in [0.15, 0.2) is 0 Å². The van der Waals surface area contributed by atoms with E-state index in [4.69, 9.17) is 0 Å². The normalized spacial score (nSPS) is 13.6. The molecule has 0 aliphatic heterocycles. The molecule has 1 N–H and O–H groups in total. The Morgan fingerprint density at radius 3 is 1.89 bits per heavy atom. The lowest BCUT2D eigenvalue weighted by atomic mass is 10.0. The number of anilines is 1. The fourth-order valence-electron chi connectivity index (χ4n) is 4.71. The van der Waals surface area contributed by atoms with Crippen molar-refractivity contribution < 1.29 is 0 Å². The van der Waals surface area contributed by atoms with Crippen molar-refractivity contribution in [1.29, 1.82) is 0 Å². The molecule has 128 valence electrons. The molecule has 0 saturated carbocycles. The second-order valence-corrected chi connectivity index (χ2v) is 7.46. The van der Waals surface area contributed by atoms with Gasteiger partial charge < -0.3 is 5.32 Å². The van der Waals surface area contributed by atoms with E-state index >= 15 is 0 Å². The van der Waals surface area contributed by atoms with Gasteiger partial charge in [-0.25, -0.2) is 0 Å². The van der Waals surface area contributed by atoms with Crippen LogP contribution in [-0.2, 0) is 6.42 Å². The van der Waals surface area contributed by atoms with Crippen molar-refractivity contribution in [2.45, 2.75) is 12.5 Å². The Kier molecular flexibility index (Phi) is 3.06. The molecule has 0 bridgehead atoms. The van der Waals surface area contributed by atoms with Gasteiger partial charge in [0.1, 0.15) is 0 Å². The Morgan fingerprint density at radius 2 is 1.15 bits per heavy atom. The first-order chi connectivity index (χ1) is 13.4. The van der Waals surface area contributed by atoms with Crippen LogP contribution in [0.25, 0.3) is 22.3 Å². The van der Waals surface area contributed by atoms with Crippen LogP contribution >= 0.6 is 0 Å². The van der Waals surface area contributed by atoms with E-state index in [2.05, 4.69) is 96.3 Å². The Morgan fingerprint density at radius 1 is 0.556 bits per heavy atom. The lowest BCUT2D eigenvalue weighted by Gasteiger charge is -2.18. The molecule has 0 aromatic heterocycles. The first kappa shape index (κ1) is 14.8. The van der Waals surface area contributed by atoms with Crippen molar-refractivity contribution in [1.82, 2.24) is 0 Å². The van der Waals surface area contributed by atoms with Crippen molar-refractivity contribution in [3.63, 3.8) is 0 Å². The van der Waals surface area contributed by atoms with E-state index in [1.165, 1.54) is 50.2 Å². The maximum Gasteiger partial charge on any atom is 0.0779 e. The lowest BCUT2D eigenvalue weighted by molar-refractivity contribution is 0.973. The molecular formula is C26H19N. The minimum Gasteiger partial charge on any atom is -0.374 e. The zero-order chi connectivity index (χ0) is 17.8. The van der Waals surface area contributed by atoms with E-state index in [-0.39, 0.29) is 6.04 Å². The molecule has 0 atom stereocenters. The van der Waals surface area contributed by atoms with Gasteiger partial charge in [0.05, 0.1) is 6.04 Å². The Balaban J connectivity index is 1.40. The predicted octanol–water partition coefficient (Wildman–Crippen LogP) is 6.44. The van der Waals surface area contributed by atoms with Crippen LogP contribution in [0.4, 0.5) is 5.69 Å². The molecule has 6 rings (SSSR count). The summed E-state index contributed by atoms with van der Waals surface area (Å²) in [5.41, 5.74) is 12.2. The summed E-state index contributed by atoms with van der Waals surface area (Å²) in [5, 5.41) is 3.81. The van der Waals surface area contributed by atoms with Crippen molar-refractivity contribution in [2.24, 2.45) is 0 Å². The van der Waals surface area contributed by atoms with Gasteiger partial charge >= 0.3 is 0 Å². The second-order valence-electron chi connectivity index (χ2n) is 7.46. The van der Waals surface area contributed by atoms with Crippen molar-refractivity contribution >= 4 is 5.69 Å². The maximum absolute atomic E-state index is 3.81. The van der Waals surface area contributed by atoms with Gasteiger partial charge in [-0.2, -0.15) is 0 Å². The number of fused-ring (bicyclic) bond motifs is 6. The Bertz CT molecular complexity index is 1140. The molecule has 2 aliphatic rings. The molecule has 4 aromatic carbocycles. The molecular weight excluding hydrogens is 326 g/mol. The summed E-state index contributed by atoms with van der Waals surface area (Å²) in [6.07, 6.45) is 1.03. The molecule has 1 heteroatoms. The predicted molar refractivity (Wildman–Crippen MR) is 112 cm³/mol. The summed E-state index contributed by atoms with van der Waals surface area (Å²) in [7, 11) is 0. The van der Waals surface area contributed by atoms with Gasteiger partial charge in [0.25, 0.3) is 0 Å². The van der Waals surface area contributed by atoms with Crippen molar-refractivity contribution in [3.8, 4) is 22.3 Å². The van der Waals surface area contributed by atoms with Gasteiger partial charge in [-0.05, 0) is 63.1 Å². The fraction of sp³-hybridized carbons (Fsp3) is 0.0769. The highest BCUT2D eigenvalue weighted by Gasteiger charge is 2.28. The maximum atomic E-state index is 3.81. The zero-order valence-electron chi connectivity index (χ0n) is 14.9. The van der Waals surface area contributed by atoms with E-state index in [1.54, 1.807) is 0 Å². The molecule has 0 heterocycles. The molecule has 4 aromatic rings. The quantitative estimate of drug-likeness (QED) is 0.388. The van der Waals surface area contributed by atoms with Gasteiger partial charge in [-0.15, -0.1) is 0 Å². The van der Waals surface area contributed by atoms with E-state index in [9.17, 15) is 0 Å². The van der Waals surface area contributed by atoms with Gasteiger partial charge in [0, 0.05) is 5.69 Å². The number of rotatable bonds is 2. The van der Waals surface area contributed by atoms with Crippen LogP contribution < -0.4 is 5.32 Å². The van der Waals surface area contributed by atoms with Crippen LogP contribution in [-0.4, -0.2) is 0 Å². The number of nitrogens with one attached hydrogen (secondary N) is 1. The summed E-state index contributed by atoms with van der Waals surface area (Å²) >= 11 is 0. The van der Waals surface area contributed by atoms with E-state index in [1.807, 2.05) is 0 Å². The summed E-state index contributed by atoms with van der Waals surface area (Å²) in [6, 6.07) is 33.3. The SMILES string of the molecule is c1ccc2c(c1)Cc1cc(NC3c4ccccc4-c4ccccc43)ccc1-2. The molecule has 0 fully saturated rings. The van der Waals surface area contributed by atoms with E-state index in [0.717, 1.165) is 6.42 Å². The molecule has 1 nitrogen and oxygen atoms in total. The fourth-order valence-corrected chi connectivity index (χ4v) is 4.71. The van der Waals surface area contributed by atoms with Crippen LogP contribution in [0.5, 0.6) is 0 Å². The zero-order valence-corrected chi connectivity index (χ0v) is 14.9. The second kappa shape index (κ2) is 5.59. The van der Waals surface area contributed by atoms with Crippen LogP contribution in [0.15, 0.2) is 91.0 Å². The van der Waals surface area contributed by atoms with Gasteiger partial charge in [0.2, 0.25) is 0 Å². The average Bonchev–Trinajstić information content (AvgIpc) is 3.24. The monoisotopic (exact) mass is 345 g/mol. The number of benzene rings is 4. The van der Waals surface area contributed by atoms with Crippen molar-refractivity contribution in [3.05, 3.63) is 113 Å². The first-order valence-corrected chi connectivity index (χ1v) is 9.54. The highest BCUT2D eigenvalue weighted by atomic mass is 14.9. The first-order valence-electron chi connectivity index (χ1n) is 9.54. The van der Waals surface area contributed by atoms with Crippen LogP contribution in [0.3, 0.4) is 0 Å². The Hall–Kier alpha value is -3.32. The largest absolute Gasteiger partial charge is 0.374 e. The van der Waals surface area contributed by atoms with Crippen LogP contribution in [0, 0.1) is 0 Å². The molecule has 0 unspecified atom stereocenters. The van der Waals surface area contributed by atoms with E-state index < -0.39 is 0 Å². The molecule has 0 spiro atoms. The summed E-state index contributed by atoms with van der Waals surface area (Å²) in [5.74, 6) is 0. The van der Waals surface area contributed by atoms with E-state index in [0.29, 0.717) is 0 Å². The number of hydrogen-bond acceptors (Lipinski definition) is 1. The summed E-state index contributed by atoms with van der Waals surface area (Å²) in [4.78, 5) is 0. The smallest absolute Gasteiger partial charge is 0.0779 e. The third-order valence-corrected chi connectivity index (χ3v) is 5.94. The molecule has 0 amide bonds. The molecule has 0 radical (unpaired) electrons. The highest BCUT2D eigenvalue weighted by Crippen LogP contribution is 2.45. The van der Waals surface area contributed by atoms with Crippen LogP contribution in [0.1, 0.15) is 28.3 Å². The summed E-state index contributed by atoms with van der Waals surface area (Å²) in [6.45, 7) is 0. The molecule has 2 aliphatic carbocycles. The average molecular weight is 345 g/mol. The minimum atomic E-state index is 0.208. The van der Waals surface area contributed by atoms with Gasteiger partial charge in [-0.1, -0.05) is 78.9 Å². The van der Waals surface area contributed by atoms with Crippen LogP contribution in [0.2, 0.25) is 0 Å². The third-order valence-electron chi connectivity index (χ3n) is 5.94. The topological polar surface area (TPSA) is 12.0 Å². The Labute approximate surface area is 159 Å². The van der Waals surface area contributed by atoms with Crippen molar-refractivity contribution in [2.75, 3.05) is 5.32 Å².